The van der Waals surface area contributed by atoms with E-state index in [1.165, 1.54) is 0 Å². The molecule has 0 aliphatic rings. The van der Waals surface area contributed by atoms with Crippen LogP contribution < -0.4 is 10.2 Å². The second kappa shape index (κ2) is 6.30. The quantitative estimate of drug-likeness (QED) is 0.771. The minimum Gasteiger partial charge on any atom is -0.353 e. The number of hydrogen-bond acceptors (Lipinski definition) is 6. The molecule has 0 aromatic carbocycles. The van der Waals surface area contributed by atoms with Gasteiger partial charge in [-0.05, 0) is 19.5 Å². The van der Waals surface area contributed by atoms with E-state index in [1.807, 2.05) is 26.0 Å². The number of hydrogen-bond donors (Lipinski definition) is 1. The largest absolute Gasteiger partial charge is 0.353 e. The second-order valence-electron chi connectivity index (χ2n) is 3.72. The molecule has 15 heavy (non-hydrogen) atoms. The Morgan fingerprint density at radius 2 is 2.20 bits per heavy atom. The van der Waals surface area contributed by atoms with E-state index in [0.29, 0.717) is 5.92 Å². The van der Waals surface area contributed by atoms with E-state index in [9.17, 15) is 0 Å². The fourth-order valence-corrected chi connectivity index (χ4v) is 2.87. The van der Waals surface area contributed by atoms with Gasteiger partial charge >= 0.3 is 0 Å². The summed E-state index contributed by atoms with van der Waals surface area (Å²) in [5, 5.41) is 12.4. The van der Waals surface area contributed by atoms with Crippen LogP contribution in [0.4, 0.5) is 5.13 Å². The van der Waals surface area contributed by atoms with Crippen LogP contribution in [0.3, 0.4) is 0 Å². The summed E-state index contributed by atoms with van der Waals surface area (Å²) in [6.45, 7) is 3.28. The third kappa shape index (κ3) is 4.36. The third-order valence-corrected chi connectivity index (χ3v) is 4.38. The van der Waals surface area contributed by atoms with E-state index in [0.717, 1.165) is 21.8 Å². The number of anilines is 1. The lowest BCUT2D eigenvalue weighted by Gasteiger charge is -2.07. The zero-order chi connectivity index (χ0) is 11.3. The predicted molar refractivity (Wildman–Crippen MR) is 68.1 cm³/mol. The third-order valence-electron chi connectivity index (χ3n) is 1.82. The molecule has 1 atom stereocenters. The summed E-state index contributed by atoms with van der Waals surface area (Å²) in [5.74, 6) is 1.75. The van der Waals surface area contributed by atoms with Gasteiger partial charge < -0.3 is 10.2 Å². The minimum absolute atomic E-state index is 0.659. The Kier molecular flexibility index (Phi) is 5.35. The zero-order valence-corrected chi connectivity index (χ0v) is 11.3. The van der Waals surface area contributed by atoms with Crippen LogP contribution in [0.2, 0.25) is 0 Å². The molecule has 0 amide bonds. The molecule has 1 N–H and O–H groups in total. The van der Waals surface area contributed by atoms with Gasteiger partial charge in [-0.1, -0.05) is 30.0 Å². The monoisotopic (exact) mass is 246 g/mol. The van der Waals surface area contributed by atoms with Gasteiger partial charge in [-0.25, -0.2) is 0 Å². The summed E-state index contributed by atoms with van der Waals surface area (Å²) in [6.07, 6.45) is 0. The molecule has 0 aliphatic carbocycles. The lowest BCUT2D eigenvalue weighted by Crippen LogP contribution is -2.17. The number of rotatable bonds is 6. The van der Waals surface area contributed by atoms with Gasteiger partial charge in [0.1, 0.15) is 0 Å². The highest BCUT2D eigenvalue weighted by molar-refractivity contribution is 8.01. The van der Waals surface area contributed by atoms with Gasteiger partial charge in [-0.2, -0.15) is 0 Å². The van der Waals surface area contributed by atoms with Gasteiger partial charge in [0, 0.05) is 19.8 Å². The summed E-state index contributed by atoms with van der Waals surface area (Å²) >= 11 is 3.43. The predicted octanol–water partition coefficient (Wildman–Crippen LogP) is 1.55. The van der Waals surface area contributed by atoms with Gasteiger partial charge in [0.05, 0.1) is 0 Å². The molecule has 1 rings (SSSR count). The first-order valence-electron chi connectivity index (χ1n) is 4.91. The Bertz CT molecular complexity index is 287. The van der Waals surface area contributed by atoms with Crippen LogP contribution >= 0.6 is 23.1 Å². The fourth-order valence-electron chi connectivity index (χ4n) is 1.06. The van der Waals surface area contributed by atoms with Crippen molar-refractivity contribution in [3.63, 3.8) is 0 Å². The van der Waals surface area contributed by atoms with Crippen molar-refractivity contribution >= 4 is 28.2 Å². The van der Waals surface area contributed by atoms with Gasteiger partial charge in [-0.3, -0.25) is 0 Å². The van der Waals surface area contributed by atoms with Gasteiger partial charge in [-0.15, -0.1) is 10.2 Å². The maximum Gasteiger partial charge on any atom is 0.208 e. The molecule has 6 heteroatoms. The van der Waals surface area contributed by atoms with Crippen LogP contribution in [-0.2, 0) is 0 Å². The van der Waals surface area contributed by atoms with Gasteiger partial charge in [0.25, 0.3) is 0 Å². The van der Waals surface area contributed by atoms with Crippen molar-refractivity contribution < 1.29 is 0 Å². The molecule has 1 heterocycles. The van der Waals surface area contributed by atoms with Gasteiger partial charge in [0.2, 0.25) is 5.13 Å². The lowest BCUT2D eigenvalue weighted by molar-refractivity contribution is 0.603. The van der Waals surface area contributed by atoms with E-state index in [4.69, 9.17) is 0 Å². The van der Waals surface area contributed by atoms with Crippen molar-refractivity contribution in [2.75, 3.05) is 38.3 Å². The smallest absolute Gasteiger partial charge is 0.208 e. The molecule has 0 bridgehead atoms. The molecule has 0 radical (unpaired) electrons. The van der Waals surface area contributed by atoms with Crippen molar-refractivity contribution in [2.45, 2.75) is 11.3 Å². The molecule has 1 aromatic heterocycles. The molecule has 86 valence electrons. The number of nitrogens with one attached hydrogen (secondary N) is 1. The van der Waals surface area contributed by atoms with Crippen LogP contribution in [0.1, 0.15) is 6.92 Å². The van der Waals surface area contributed by atoms with E-state index >= 15 is 0 Å². The Balaban J connectivity index is 2.37. The summed E-state index contributed by atoms with van der Waals surface area (Å²) in [4.78, 5) is 1.98. The highest BCUT2D eigenvalue weighted by Gasteiger charge is 2.08. The molecular weight excluding hydrogens is 228 g/mol. The summed E-state index contributed by atoms with van der Waals surface area (Å²) < 4.78 is 1.06. The maximum atomic E-state index is 4.14. The standard InChI is InChI=1S/C9H18N4S2/c1-7(5-10-2)6-14-9-12-11-8(15-9)13(3)4/h7,10H,5-6H2,1-4H3. The topological polar surface area (TPSA) is 41.1 Å². The molecule has 1 unspecified atom stereocenters. The molecule has 0 saturated carbocycles. The average Bonchev–Trinajstić information content (AvgIpc) is 2.63. The zero-order valence-electron chi connectivity index (χ0n) is 9.65. The normalized spacial score (nSPS) is 12.8. The van der Waals surface area contributed by atoms with Gasteiger partial charge in [0.15, 0.2) is 4.34 Å². The molecule has 1 aromatic rings. The van der Waals surface area contributed by atoms with Crippen LogP contribution in [0.15, 0.2) is 4.34 Å². The van der Waals surface area contributed by atoms with E-state index < -0.39 is 0 Å². The average molecular weight is 246 g/mol. The van der Waals surface area contributed by atoms with Crippen LogP contribution in [-0.4, -0.2) is 43.6 Å². The van der Waals surface area contributed by atoms with Crippen LogP contribution in [0.5, 0.6) is 0 Å². The number of nitrogens with zero attached hydrogens (tertiary/aromatic N) is 3. The first kappa shape index (κ1) is 12.7. The Labute approximate surface area is 99.5 Å². The van der Waals surface area contributed by atoms with Crippen molar-refractivity contribution in [1.29, 1.82) is 0 Å². The van der Waals surface area contributed by atoms with Crippen molar-refractivity contribution in [2.24, 2.45) is 5.92 Å². The molecule has 0 spiro atoms. The van der Waals surface area contributed by atoms with E-state index in [-0.39, 0.29) is 0 Å². The lowest BCUT2D eigenvalue weighted by atomic mass is 10.2. The first-order valence-corrected chi connectivity index (χ1v) is 6.72. The fraction of sp³-hybridized carbons (Fsp3) is 0.778. The molecule has 0 aliphatic heterocycles. The summed E-state index contributed by atoms with van der Waals surface area (Å²) in [7, 11) is 5.95. The van der Waals surface area contributed by atoms with Crippen molar-refractivity contribution in [1.82, 2.24) is 15.5 Å². The number of thioether (sulfide) groups is 1. The Morgan fingerprint density at radius 1 is 1.47 bits per heavy atom. The SMILES string of the molecule is CNCC(C)CSc1nnc(N(C)C)s1. The number of aromatic nitrogens is 2. The van der Waals surface area contributed by atoms with Crippen molar-refractivity contribution in [3.8, 4) is 0 Å². The molecule has 0 fully saturated rings. The molecular formula is C9H18N4S2. The molecule has 0 saturated heterocycles. The second-order valence-corrected chi connectivity index (χ2v) is 5.94. The maximum absolute atomic E-state index is 4.14. The minimum atomic E-state index is 0.659. The first-order chi connectivity index (χ1) is 7.13. The van der Waals surface area contributed by atoms with E-state index in [2.05, 4.69) is 22.4 Å². The van der Waals surface area contributed by atoms with E-state index in [1.54, 1.807) is 23.1 Å². The highest BCUT2D eigenvalue weighted by Crippen LogP contribution is 2.27. The van der Waals surface area contributed by atoms with Crippen molar-refractivity contribution in [3.05, 3.63) is 0 Å². The highest BCUT2D eigenvalue weighted by atomic mass is 32.2. The Hall–Kier alpha value is -0.330. The Morgan fingerprint density at radius 3 is 2.73 bits per heavy atom. The summed E-state index contributed by atoms with van der Waals surface area (Å²) in [5.41, 5.74) is 0. The van der Waals surface area contributed by atoms with Crippen LogP contribution in [0.25, 0.3) is 0 Å². The molecule has 4 nitrogen and oxygen atoms in total. The van der Waals surface area contributed by atoms with Crippen LogP contribution in [0, 0.1) is 5.92 Å². The summed E-state index contributed by atoms with van der Waals surface area (Å²) in [6, 6.07) is 0.